The summed E-state index contributed by atoms with van der Waals surface area (Å²) >= 11 is 0. The normalized spacial score (nSPS) is 10.3. The molecule has 3 heteroatoms. The molecule has 3 nitrogen and oxygen atoms in total. The van der Waals surface area contributed by atoms with Gasteiger partial charge in [0.25, 0.3) is 0 Å². The molecule has 0 atom stereocenters. The number of aromatic amines is 1. The Labute approximate surface area is 98.4 Å². The highest BCUT2D eigenvalue weighted by atomic mass is 14.8. The predicted octanol–water partition coefficient (Wildman–Crippen LogP) is 3.10. The molecule has 0 spiro atoms. The highest BCUT2D eigenvalue weighted by Crippen LogP contribution is 2.26. The monoisotopic (exact) mass is 219 g/mol. The van der Waals surface area contributed by atoms with Gasteiger partial charge < -0.3 is 4.98 Å². The molecular weight excluding hydrogens is 210 g/mol. The van der Waals surface area contributed by atoms with Crippen molar-refractivity contribution in [1.29, 1.82) is 5.26 Å². The van der Waals surface area contributed by atoms with Gasteiger partial charge in [-0.05, 0) is 35.4 Å². The molecule has 0 aliphatic carbocycles. The number of nitrogens with one attached hydrogen (secondary N) is 1. The zero-order chi connectivity index (χ0) is 11.7. The van der Waals surface area contributed by atoms with Gasteiger partial charge in [-0.1, -0.05) is 12.1 Å². The standard InChI is InChI=1S/C14H9N3/c15-9-10-1-3-11(4-2-10)12-5-7-16-14-13(12)6-8-17-14/h1-8H,(H,16,17). The van der Waals surface area contributed by atoms with Gasteiger partial charge >= 0.3 is 0 Å². The van der Waals surface area contributed by atoms with E-state index >= 15 is 0 Å². The first-order valence-electron chi connectivity index (χ1n) is 5.31. The maximum Gasteiger partial charge on any atom is 0.137 e. The highest BCUT2D eigenvalue weighted by molar-refractivity contribution is 5.92. The molecule has 80 valence electrons. The first-order chi connectivity index (χ1) is 8.38. The SMILES string of the molecule is N#Cc1ccc(-c2ccnc3[nH]ccc23)cc1. The lowest BCUT2D eigenvalue weighted by atomic mass is 10.0. The molecule has 0 bridgehead atoms. The fourth-order valence-corrected chi connectivity index (χ4v) is 1.94. The predicted molar refractivity (Wildman–Crippen MR) is 66.2 cm³/mol. The van der Waals surface area contributed by atoms with E-state index in [0.717, 1.165) is 22.2 Å². The molecule has 0 fully saturated rings. The summed E-state index contributed by atoms with van der Waals surface area (Å²) in [5.41, 5.74) is 3.77. The van der Waals surface area contributed by atoms with E-state index in [0.29, 0.717) is 5.56 Å². The topological polar surface area (TPSA) is 52.5 Å². The Bertz CT molecular complexity index is 702. The van der Waals surface area contributed by atoms with E-state index in [9.17, 15) is 0 Å². The van der Waals surface area contributed by atoms with Gasteiger partial charge in [-0.3, -0.25) is 0 Å². The van der Waals surface area contributed by atoms with Crippen molar-refractivity contribution >= 4 is 11.0 Å². The Morgan fingerprint density at radius 3 is 2.65 bits per heavy atom. The third-order valence-corrected chi connectivity index (χ3v) is 2.79. The van der Waals surface area contributed by atoms with Gasteiger partial charge in [0, 0.05) is 17.8 Å². The number of rotatable bonds is 1. The van der Waals surface area contributed by atoms with Gasteiger partial charge in [0.15, 0.2) is 0 Å². The number of hydrogen-bond donors (Lipinski definition) is 1. The molecule has 17 heavy (non-hydrogen) atoms. The van der Waals surface area contributed by atoms with Crippen LogP contribution in [0.25, 0.3) is 22.2 Å². The number of hydrogen-bond acceptors (Lipinski definition) is 2. The molecule has 0 amide bonds. The first-order valence-corrected chi connectivity index (χ1v) is 5.31. The van der Waals surface area contributed by atoms with Gasteiger partial charge in [0.1, 0.15) is 5.65 Å². The largest absolute Gasteiger partial charge is 0.346 e. The molecule has 2 heterocycles. The van der Waals surface area contributed by atoms with Crippen molar-refractivity contribution in [3.63, 3.8) is 0 Å². The summed E-state index contributed by atoms with van der Waals surface area (Å²) in [6.45, 7) is 0. The summed E-state index contributed by atoms with van der Waals surface area (Å²) in [4.78, 5) is 7.34. The Morgan fingerprint density at radius 2 is 1.88 bits per heavy atom. The molecule has 3 rings (SSSR count). The van der Waals surface area contributed by atoms with Crippen LogP contribution in [0.1, 0.15) is 5.56 Å². The van der Waals surface area contributed by atoms with Crippen LogP contribution in [0, 0.1) is 11.3 Å². The van der Waals surface area contributed by atoms with Crippen LogP contribution in [0.3, 0.4) is 0 Å². The van der Waals surface area contributed by atoms with Crippen LogP contribution in [0.2, 0.25) is 0 Å². The van der Waals surface area contributed by atoms with Gasteiger partial charge in [0.2, 0.25) is 0 Å². The van der Waals surface area contributed by atoms with Crippen molar-refractivity contribution in [3.05, 3.63) is 54.4 Å². The molecular formula is C14H9N3. The lowest BCUT2D eigenvalue weighted by Crippen LogP contribution is -1.82. The van der Waals surface area contributed by atoms with Crippen LogP contribution in [-0.2, 0) is 0 Å². The third-order valence-electron chi connectivity index (χ3n) is 2.79. The van der Waals surface area contributed by atoms with Crippen LogP contribution in [0.4, 0.5) is 0 Å². The quantitative estimate of drug-likeness (QED) is 0.683. The van der Waals surface area contributed by atoms with E-state index in [2.05, 4.69) is 16.0 Å². The summed E-state index contributed by atoms with van der Waals surface area (Å²) in [6, 6.07) is 13.7. The second-order valence-electron chi connectivity index (χ2n) is 3.79. The fourth-order valence-electron chi connectivity index (χ4n) is 1.94. The van der Waals surface area contributed by atoms with Gasteiger partial charge in [-0.2, -0.15) is 5.26 Å². The highest BCUT2D eigenvalue weighted by Gasteiger charge is 2.04. The maximum atomic E-state index is 8.77. The second-order valence-corrected chi connectivity index (χ2v) is 3.79. The van der Waals surface area contributed by atoms with Crippen LogP contribution >= 0.6 is 0 Å². The number of benzene rings is 1. The minimum absolute atomic E-state index is 0.674. The molecule has 0 radical (unpaired) electrons. The van der Waals surface area contributed by atoms with Gasteiger partial charge in [-0.15, -0.1) is 0 Å². The molecule has 0 aliphatic rings. The minimum Gasteiger partial charge on any atom is -0.346 e. The molecule has 0 saturated carbocycles. The van der Waals surface area contributed by atoms with Gasteiger partial charge in [-0.25, -0.2) is 4.98 Å². The average Bonchev–Trinajstić information content (AvgIpc) is 2.87. The van der Waals surface area contributed by atoms with E-state index in [1.807, 2.05) is 42.6 Å². The number of pyridine rings is 1. The molecule has 2 aromatic heterocycles. The first kappa shape index (κ1) is 9.61. The zero-order valence-electron chi connectivity index (χ0n) is 9.01. The fraction of sp³-hybridized carbons (Fsp3) is 0. The number of aromatic nitrogens is 2. The molecule has 0 saturated heterocycles. The van der Waals surface area contributed by atoms with Crippen molar-refractivity contribution in [2.45, 2.75) is 0 Å². The third kappa shape index (κ3) is 1.56. The molecule has 1 aromatic carbocycles. The number of fused-ring (bicyclic) bond motifs is 1. The average molecular weight is 219 g/mol. The summed E-state index contributed by atoms with van der Waals surface area (Å²) in [5, 5.41) is 9.87. The van der Waals surface area contributed by atoms with Crippen LogP contribution in [0.5, 0.6) is 0 Å². The van der Waals surface area contributed by atoms with E-state index in [1.54, 1.807) is 6.20 Å². The van der Waals surface area contributed by atoms with Crippen LogP contribution in [0.15, 0.2) is 48.8 Å². The van der Waals surface area contributed by atoms with E-state index in [4.69, 9.17) is 5.26 Å². The Morgan fingerprint density at radius 1 is 1.06 bits per heavy atom. The van der Waals surface area contributed by atoms with E-state index in [-0.39, 0.29) is 0 Å². The Kier molecular flexibility index (Phi) is 2.13. The molecule has 0 aliphatic heterocycles. The second kappa shape index (κ2) is 3.76. The van der Waals surface area contributed by atoms with Gasteiger partial charge in [0.05, 0.1) is 11.6 Å². The van der Waals surface area contributed by atoms with E-state index < -0.39 is 0 Å². The lowest BCUT2D eigenvalue weighted by Gasteiger charge is -2.02. The van der Waals surface area contributed by atoms with Crippen molar-refractivity contribution in [2.24, 2.45) is 0 Å². The minimum atomic E-state index is 0.674. The Hall–Kier alpha value is -2.60. The van der Waals surface area contributed by atoms with Crippen LogP contribution < -0.4 is 0 Å². The zero-order valence-corrected chi connectivity index (χ0v) is 9.01. The molecule has 1 N–H and O–H groups in total. The number of nitrogens with zero attached hydrogens (tertiary/aromatic N) is 2. The van der Waals surface area contributed by atoms with Crippen LogP contribution in [-0.4, -0.2) is 9.97 Å². The van der Waals surface area contributed by atoms with Crippen molar-refractivity contribution in [2.75, 3.05) is 0 Å². The summed E-state index contributed by atoms with van der Waals surface area (Å²) in [6.07, 6.45) is 3.66. The number of nitriles is 1. The summed E-state index contributed by atoms with van der Waals surface area (Å²) in [7, 11) is 0. The van der Waals surface area contributed by atoms with Crippen molar-refractivity contribution in [1.82, 2.24) is 9.97 Å². The van der Waals surface area contributed by atoms with E-state index in [1.165, 1.54) is 0 Å². The van der Waals surface area contributed by atoms with Crippen molar-refractivity contribution in [3.8, 4) is 17.2 Å². The smallest absolute Gasteiger partial charge is 0.137 e. The molecule has 3 aromatic rings. The number of H-pyrrole nitrogens is 1. The maximum absolute atomic E-state index is 8.77. The van der Waals surface area contributed by atoms with Crippen molar-refractivity contribution < 1.29 is 0 Å². The lowest BCUT2D eigenvalue weighted by molar-refractivity contribution is 1.33. The summed E-state index contributed by atoms with van der Waals surface area (Å²) in [5.74, 6) is 0. The molecule has 0 unspecified atom stereocenters. The Balaban J connectivity index is 2.20. The summed E-state index contributed by atoms with van der Waals surface area (Å²) < 4.78 is 0.